The van der Waals surface area contributed by atoms with Gasteiger partial charge in [0.25, 0.3) is 0 Å². The number of nitrogens with zero attached hydrogens (tertiary/aromatic N) is 3. The van der Waals surface area contributed by atoms with Crippen molar-refractivity contribution in [3.05, 3.63) is 18.1 Å². The number of carbonyl (C=O) groups is 1. The lowest BCUT2D eigenvalue weighted by Crippen LogP contribution is -2.35. The van der Waals surface area contributed by atoms with Crippen molar-refractivity contribution < 1.29 is 18.0 Å². The van der Waals surface area contributed by atoms with Crippen molar-refractivity contribution in [3.8, 4) is 0 Å². The largest absolute Gasteiger partial charge is 0.433 e. The third kappa shape index (κ3) is 3.33. The standard InChI is InChI=1S/C11H13F3N4O/c1-7(19)17-8-2-3-18(5-8)10-4-9(11(12,13)14)15-6-16-10/h4,6,8H,2-3,5H2,1H3,(H,17,19). The highest BCUT2D eigenvalue weighted by Crippen LogP contribution is 2.29. The minimum Gasteiger partial charge on any atom is -0.354 e. The molecular formula is C11H13F3N4O. The van der Waals surface area contributed by atoms with Crippen molar-refractivity contribution in [1.29, 1.82) is 0 Å². The lowest BCUT2D eigenvalue weighted by atomic mass is 10.2. The summed E-state index contributed by atoms with van der Waals surface area (Å²) in [5.41, 5.74) is -0.958. The Morgan fingerprint density at radius 2 is 2.21 bits per heavy atom. The Balaban J connectivity index is 2.09. The van der Waals surface area contributed by atoms with Gasteiger partial charge in [0.2, 0.25) is 5.91 Å². The molecule has 1 aliphatic rings. The van der Waals surface area contributed by atoms with Crippen LogP contribution in [0.4, 0.5) is 19.0 Å². The maximum Gasteiger partial charge on any atom is 0.433 e. The van der Waals surface area contributed by atoms with Gasteiger partial charge < -0.3 is 10.2 Å². The molecule has 0 bridgehead atoms. The monoisotopic (exact) mass is 274 g/mol. The molecule has 2 heterocycles. The fourth-order valence-electron chi connectivity index (χ4n) is 2.05. The molecule has 1 N–H and O–H groups in total. The van der Waals surface area contributed by atoms with E-state index in [0.29, 0.717) is 19.5 Å². The Kier molecular flexibility index (Phi) is 3.59. The first-order valence-electron chi connectivity index (χ1n) is 5.77. The van der Waals surface area contributed by atoms with Crippen molar-refractivity contribution in [1.82, 2.24) is 15.3 Å². The number of hydrogen-bond acceptors (Lipinski definition) is 4. The van der Waals surface area contributed by atoms with Gasteiger partial charge in [-0.3, -0.25) is 4.79 Å². The van der Waals surface area contributed by atoms with Gasteiger partial charge in [-0.1, -0.05) is 0 Å². The quantitative estimate of drug-likeness (QED) is 0.880. The summed E-state index contributed by atoms with van der Waals surface area (Å²) in [4.78, 5) is 19.7. The van der Waals surface area contributed by atoms with E-state index in [1.165, 1.54) is 6.92 Å². The van der Waals surface area contributed by atoms with Crippen molar-refractivity contribution >= 4 is 11.7 Å². The summed E-state index contributed by atoms with van der Waals surface area (Å²) in [6.45, 7) is 2.42. The number of hydrogen-bond donors (Lipinski definition) is 1. The summed E-state index contributed by atoms with van der Waals surface area (Å²) >= 11 is 0. The number of rotatable bonds is 2. The van der Waals surface area contributed by atoms with Gasteiger partial charge in [-0.2, -0.15) is 13.2 Å². The van der Waals surface area contributed by atoms with E-state index in [1.54, 1.807) is 4.90 Å². The van der Waals surface area contributed by atoms with Crippen molar-refractivity contribution in [2.45, 2.75) is 25.6 Å². The van der Waals surface area contributed by atoms with Gasteiger partial charge in [-0.15, -0.1) is 0 Å². The van der Waals surface area contributed by atoms with E-state index >= 15 is 0 Å². The summed E-state index contributed by atoms with van der Waals surface area (Å²) in [5, 5.41) is 2.74. The van der Waals surface area contributed by atoms with Crippen LogP contribution in [0.2, 0.25) is 0 Å². The Bertz CT molecular complexity index is 477. The molecule has 1 aromatic heterocycles. The van der Waals surface area contributed by atoms with Gasteiger partial charge in [-0.25, -0.2) is 9.97 Å². The topological polar surface area (TPSA) is 58.1 Å². The van der Waals surface area contributed by atoms with Crippen LogP contribution in [0.15, 0.2) is 12.4 Å². The lowest BCUT2D eigenvalue weighted by molar-refractivity contribution is -0.141. The molecular weight excluding hydrogens is 261 g/mol. The molecule has 0 spiro atoms. The predicted octanol–water partition coefficient (Wildman–Crippen LogP) is 1.21. The van der Waals surface area contributed by atoms with E-state index in [0.717, 1.165) is 12.4 Å². The number of carbonyl (C=O) groups excluding carboxylic acids is 1. The molecule has 2 rings (SSSR count). The van der Waals surface area contributed by atoms with Crippen LogP contribution in [0.1, 0.15) is 19.0 Å². The molecule has 0 radical (unpaired) electrons. The summed E-state index contributed by atoms with van der Waals surface area (Å²) in [6, 6.07) is 0.873. The van der Waals surface area contributed by atoms with Crippen LogP contribution in [0, 0.1) is 0 Å². The first-order valence-corrected chi connectivity index (χ1v) is 5.77. The Morgan fingerprint density at radius 1 is 1.47 bits per heavy atom. The van der Waals surface area contributed by atoms with Crippen LogP contribution in [-0.4, -0.2) is 35.0 Å². The first kappa shape index (κ1) is 13.6. The van der Waals surface area contributed by atoms with E-state index in [9.17, 15) is 18.0 Å². The lowest BCUT2D eigenvalue weighted by Gasteiger charge is -2.18. The van der Waals surface area contributed by atoms with Crippen molar-refractivity contribution in [2.75, 3.05) is 18.0 Å². The van der Waals surface area contributed by atoms with Crippen LogP contribution in [-0.2, 0) is 11.0 Å². The SMILES string of the molecule is CC(=O)NC1CCN(c2cc(C(F)(F)F)ncn2)C1. The second-order valence-electron chi connectivity index (χ2n) is 4.39. The molecule has 104 valence electrons. The van der Waals surface area contributed by atoms with Crippen LogP contribution in [0.3, 0.4) is 0 Å². The number of anilines is 1. The van der Waals surface area contributed by atoms with Crippen LogP contribution in [0.5, 0.6) is 0 Å². The molecule has 19 heavy (non-hydrogen) atoms. The Hall–Kier alpha value is -1.86. The molecule has 1 fully saturated rings. The smallest absolute Gasteiger partial charge is 0.354 e. The van der Waals surface area contributed by atoms with E-state index in [-0.39, 0.29) is 17.8 Å². The summed E-state index contributed by atoms with van der Waals surface area (Å²) in [6.07, 6.45) is -2.89. The molecule has 1 amide bonds. The molecule has 1 saturated heterocycles. The van der Waals surface area contributed by atoms with Crippen LogP contribution >= 0.6 is 0 Å². The minimum absolute atomic E-state index is 0.0539. The number of nitrogens with one attached hydrogen (secondary N) is 1. The third-order valence-electron chi connectivity index (χ3n) is 2.86. The molecule has 5 nitrogen and oxygen atoms in total. The summed E-state index contributed by atoms with van der Waals surface area (Å²) < 4.78 is 37.6. The maximum absolute atomic E-state index is 12.5. The second kappa shape index (κ2) is 5.02. The van der Waals surface area contributed by atoms with Gasteiger partial charge in [-0.05, 0) is 6.42 Å². The molecule has 1 unspecified atom stereocenters. The number of halogens is 3. The van der Waals surface area contributed by atoms with Gasteiger partial charge in [0.1, 0.15) is 17.8 Å². The highest BCUT2D eigenvalue weighted by atomic mass is 19.4. The molecule has 1 aliphatic heterocycles. The van der Waals surface area contributed by atoms with Crippen molar-refractivity contribution in [2.24, 2.45) is 0 Å². The fraction of sp³-hybridized carbons (Fsp3) is 0.545. The molecule has 0 aliphatic carbocycles. The molecule has 0 saturated carbocycles. The molecule has 1 atom stereocenters. The van der Waals surface area contributed by atoms with E-state index in [4.69, 9.17) is 0 Å². The van der Waals surface area contributed by atoms with Gasteiger partial charge in [0.05, 0.1) is 0 Å². The number of amides is 1. The zero-order valence-corrected chi connectivity index (χ0v) is 10.2. The van der Waals surface area contributed by atoms with Crippen LogP contribution < -0.4 is 10.2 Å². The summed E-state index contributed by atoms with van der Waals surface area (Å²) in [7, 11) is 0. The van der Waals surface area contributed by atoms with Gasteiger partial charge in [0.15, 0.2) is 0 Å². The first-order chi connectivity index (χ1) is 8.86. The normalized spacial score (nSPS) is 19.6. The fourth-order valence-corrected chi connectivity index (χ4v) is 2.05. The molecule has 1 aromatic rings. The number of aromatic nitrogens is 2. The van der Waals surface area contributed by atoms with E-state index < -0.39 is 11.9 Å². The number of alkyl halides is 3. The van der Waals surface area contributed by atoms with Gasteiger partial charge >= 0.3 is 6.18 Å². The predicted molar refractivity (Wildman–Crippen MR) is 61.5 cm³/mol. The van der Waals surface area contributed by atoms with Gasteiger partial charge in [0, 0.05) is 32.1 Å². The average molecular weight is 274 g/mol. The Morgan fingerprint density at radius 3 is 2.84 bits per heavy atom. The minimum atomic E-state index is -4.48. The highest BCUT2D eigenvalue weighted by Gasteiger charge is 2.34. The van der Waals surface area contributed by atoms with Crippen molar-refractivity contribution in [3.63, 3.8) is 0 Å². The third-order valence-corrected chi connectivity index (χ3v) is 2.86. The van der Waals surface area contributed by atoms with E-state index in [2.05, 4.69) is 15.3 Å². The second-order valence-corrected chi connectivity index (χ2v) is 4.39. The van der Waals surface area contributed by atoms with E-state index in [1.807, 2.05) is 0 Å². The zero-order chi connectivity index (χ0) is 14.0. The highest BCUT2D eigenvalue weighted by molar-refractivity contribution is 5.73. The molecule has 8 heteroatoms. The zero-order valence-electron chi connectivity index (χ0n) is 10.2. The average Bonchev–Trinajstić information content (AvgIpc) is 2.76. The maximum atomic E-state index is 12.5. The summed E-state index contributed by atoms with van der Waals surface area (Å²) in [5.74, 6) is 0.0840. The Labute approximate surface area is 107 Å². The molecule has 0 aromatic carbocycles. The van der Waals surface area contributed by atoms with Crippen LogP contribution in [0.25, 0.3) is 0 Å².